The number of phenols is 1. The number of hydrogen-bond donors (Lipinski definition) is 2. The van der Waals surface area contributed by atoms with E-state index in [0.717, 1.165) is 17.7 Å². The van der Waals surface area contributed by atoms with Crippen molar-refractivity contribution in [3.8, 4) is 17.2 Å². The Morgan fingerprint density at radius 3 is 2.55 bits per heavy atom. The topological polar surface area (TPSA) is 67.8 Å². The number of carbonyl (C=O) groups is 1. The third kappa shape index (κ3) is 4.70. The Labute approximate surface area is 129 Å². The maximum atomic E-state index is 11.7. The zero-order valence-corrected chi connectivity index (χ0v) is 12.4. The minimum absolute atomic E-state index is 0.0218. The second-order valence-electron chi connectivity index (χ2n) is 4.70. The molecule has 2 rings (SSSR count). The molecule has 2 N–H and O–H groups in total. The van der Waals surface area contributed by atoms with Crippen molar-refractivity contribution in [1.29, 1.82) is 0 Å². The van der Waals surface area contributed by atoms with Gasteiger partial charge in [0.25, 0.3) is 5.91 Å². The average molecular weight is 301 g/mol. The van der Waals surface area contributed by atoms with Crippen LogP contribution in [0.15, 0.2) is 48.5 Å². The summed E-state index contributed by atoms with van der Waals surface area (Å²) in [5.74, 6) is 0.905. The molecule has 2 aromatic carbocycles. The zero-order chi connectivity index (χ0) is 15.8. The van der Waals surface area contributed by atoms with Crippen LogP contribution in [0.25, 0.3) is 0 Å². The van der Waals surface area contributed by atoms with E-state index in [1.54, 1.807) is 25.3 Å². The predicted molar refractivity (Wildman–Crippen MR) is 83.3 cm³/mol. The van der Waals surface area contributed by atoms with Gasteiger partial charge in [0.1, 0.15) is 5.75 Å². The van der Waals surface area contributed by atoms with E-state index < -0.39 is 0 Å². The molecule has 0 bridgehead atoms. The van der Waals surface area contributed by atoms with Crippen molar-refractivity contribution in [3.63, 3.8) is 0 Å². The quantitative estimate of drug-likeness (QED) is 0.822. The van der Waals surface area contributed by atoms with Gasteiger partial charge in [0, 0.05) is 6.54 Å². The Balaban J connectivity index is 1.70. The Kier molecular flexibility index (Phi) is 5.65. The third-order valence-electron chi connectivity index (χ3n) is 3.12. The lowest BCUT2D eigenvalue weighted by atomic mass is 10.1. The number of rotatable bonds is 7. The largest absolute Gasteiger partial charge is 0.504 e. The number of benzene rings is 2. The van der Waals surface area contributed by atoms with Crippen LogP contribution in [0, 0.1) is 0 Å². The Hall–Kier alpha value is -2.69. The zero-order valence-electron chi connectivity index (χ0n) is 12.4. The van der Waals surface area contributed by atoms with Crippen LogP contribution in [-0.4, -0.2) is 31.3 Å². The molecule has 116 valence electrons. The van der Waals surface area contributed by atoms with E-state index in [2.05, 4.69) is 5.32 Å². The average Bonchev–Trinajstić information content (AvgIpc) is 2.55. The molecule has 2 aromatic rings. The molecule has 5 nitrogen and oxygen atoms in total. The molecule has 0 unspecified atom stereocenters. The number of para-hydroxylation sites is 2. The number of nitrogens with one attached hydrogen (secondary N) is 1. The predicted octanol–water partition coefficient (Wildman–Crippen LogP) is 2.14. The molecular formula is C17H19NO4. The SMILES string of the molecule is COc1ccc(CCNC(=O)COc2ccccc2O)cc1. The van der Waals surface area contributed by atoms with Gasteiger partial charge >= 0.3 is 0 Å². The first-order valence-electron chi connectivity index (χ1n) is 6.99. The highest BCUT2D eigenvalue weighted by atomic mass is 16.5. The number of carbonyl (C=O) groups excluding carboxylic acids is 1. The van der Waals surface area contributed by atoms with Gasteiger partial charge < -0.3 is 19.9 Å². The summed E-state index contributed by atoms with van der Waals surface area (Å²) in [5, 5.41) is 12.3. The monoisotopic (exact) mass is 301 g/mol. The second kappa shape index (κ2) is 7.93. The minimum atomic E-state index is -0.225. The van der Waals surface area contributed by atoms with Crippen molar-refractivity contribution >= 4 is 5.91 Å². The summed E-state index contributed by atoms with van der Waals surface area (Å²) in [7, 11) is 1.62. The lowest BCUT2D eigenvalue weighted by molar-refractivity contribution is -0.123. The summed E-state index contributed by atoms with van der Waals surface area (Å²) in [4.78, 5) is 11.7. The van der Waals surface area contributed by atoms with Gasteiger partial charge in [-0.15, -0.1) is 0 Å². The third-order valence-corrected chi connectivity index (χ3v) is 3.12. The summed E-state index contributed by atoms with van der Waals surface area (Å²) in [6, 6.07) is 14.2. The van der Waals surface area contributed by atoms with Crippen LogP contribution in [0.3, 0.4) is 0 Å². The Morgan fingerprint density at radius 1 is 1.14 bits per heavy atom. The number of hydrogen-bond acceptors (Lipinski definition) is 4. The molecule has 0 aliphatic carbocycles. The van der Waals surface area contributed by atoms with Gasteiger partial charge in [-0.05, 0) is 36.2 Å². The van der Waals surface area contributed by atoms with Crippen molar-refractivity contribution in [2.24, 2.45) is 0 Å². The van der Waals surface area contributed by atoms with E-state index in [0.29, 0.717) is 12.3 Å². The number of ether oxygens (including phenoxy) is 2. The molecule has 22 heavy (non-hydrogen) atoms. The maximum Gasteiger partial charge on any atom is 0.257 e. The lowest BCUT2D eigenvalue weighted by Crippen LogP contribution is -2.30. The molecule has 0 aromatic heterocycles. The smallest absolute Gasteiger partial charge is 0.257 e. The van der Waals surface area contributed by atoms with Crippen LogP contribution in [0.4, 0.5) is 0 Å². The van der Waals surface area contributed by atoms with Crippen molar-refractivity contribution in [1.82, 2.24) is 5.32 Å². The first-order chi connectivity index (χ1) is 10.7. The first-order valence-corrected chi connectivity index (χ1v) is 6.99. The van der Waals surface area contributed by atoms with Crippen LogP contribution in [0.1, 0.15) is 5.56 Å². The fraction of sp³-hybridized carbons (Fsp3) is 0.235. The summed E-state index contributed by atoms with van der Waals surface area (Å²) in [5.41, 5.74) is 1.11. The van der Waals surface area contributed by atoms with Crippen LogP contribution in [-0.2, 0) is 11.2 Å². The van der Waals surface area contributed by atoms with Gasteiger partial charge in [-0.1, -0.05) is 24.3 Å². The standard InChI is InChI=1S/C17H19NO4/c1-21-14-8-6-13(7-9-14)10-11-18-17(20)12-22-16-5-3-2-4-15(16)19/h2-9,19H,10-12H2,1H3,(H,18,20). The Bertz CT molecular complexity index is 610. The number of aromatic hydroxyl groups is 1. The molecular weight excluding hydrogens is 282 g/mol. The van der Waals surface area contributed by atoms with E-state index in [9.17, 15) is 9.90 Å². The van der Waals surface area contributed by atoms with E-state index in [1.165, 1.54) is 6.07 Å². The molecule has 1 amide bonds. The molecule has 0 heterocycles. The normalized spacial score (nSPS) is 10.0. The minimum Gasteiger partial charge on any atom is -0.504 e. The molecule has 0 saturated carbocycles. The highest BCUT2D eigenvalue weighted by molar-refractivity contribution is 5.77. The molecule has 0 aliphatic heterocycles. The van der Waals surface area contributed by atoms with Gasteiger partial charge in [-0.25, -0.2) is 0 Å². The Morgan fingerprint density at radius 2 is 1.86 bits per heavy atom. The van der Waals surface area contributed by atoms with Gasteiger partial charge in [-0.3, -0.25) is 4.79 Å². The van der Waals surface area contributed by atoms with Crippen molar-refractivity contribution < 1.29 is 19.4 Å². The number of methoxy groups -OCH3 is 1. The molecule has 0 saturated heterocycles. The fourth-order valence-electron chi connectivity index (χ4n) is 1.91. The van der Waals surface area contributed by atoms with Crippen molar-refractivity contribution in [3.05, 3.63) is 54.1 Å². The summed E-state index contributed by atoms with van der Waals surface area (Å²) < 4.78 is 10.3. The molecule has 0 radical (unpaired) electrons. The maximum absolute atomic E-state index is 11.7. The number of phenolic OH excluding ortho intramolecular Hbond substituents is 1. The van der Waals surface area contributed by atoms with Crippen LogP contribution >= 0.6 is 0 Å². The molecule has 5 heteroatoms. The van der Waals surface area contributed by atoms with E-state index in [-0.39, 0.29) is 18.3 Å². The van der Waals surface area contributed by atoms with Crippen molar-refractivity contribution in [2.45, 2.75) is 6.42 Å². The van der Waals surface area contributed by atoms with Crippen LogP contribution in [0.5, 0.6) is 17.2 Å². The van der Waals surface area contributed by atoms with E-state index in [4.69, 9.17) is 9.47 Å². The fourth-order valence-corrected chi connectivity index (χ4v) is 1.91. The van der Waals surface area contributed by atoms with Gasteiger partial charge in [0.15, 0.2) is 18.1 Å². The van der Waals surface area contributed by atoms with Gasteiger partial charge in [0.2, 0.25) is 0 Å². The van der Waals surface area contributed by atoms with E-state index >= 15 is 0 Å². The molecule has 0 fully saturated rings. The highest BCUT2D eigenvalue weighted by Crippen LogP contribution is 2.23. The van der Waals surface area contributed by atoms with Crippen LogP contribution < -0.4 is 14.8 Å². The summed E-state index contributed by atoms with van der Waals surface area (Å²) >= 11 is 0. The summed E-state index contributed by atoms with van der Waals surface area (Å²) in [6.45, 7) is 0.398. The van der Waals surface area contributed by atoms with Crippen LogP contribution in [0.2, 0.25) is 0 Å². The highest BCUT2D eigenvalue weighted by Gasteiger charge is 2.05. The first kappa shape index (κ1) is 15.7. The van der Waals surface area contributed by atoms with E-state index in [1.807, 2.05) is 24.3 Å². The lowest BCUT2D eigenvalue weighted by Gasteiger charge is -2.09. The number of amides is 1. The van der Waals surface area contributed by atoms with Gasteiger partial charge in [0.05, 0.1) is 7.11 Å². The summed E-state index contributed by atoms with van der Waals surface area (Å²) in [6.07, 6.45) is 0.728. The van der Waals surface area contributed by atoms with Gasteiger partial charge in [-0.2, -0.15) is 0 Å². The molecule has 0 atom stereocenters. The van der Waals surface area contributed by atoms with Crippen molar-refractivity contribution in [2.75, 3.05) is 20.3 Å². The second-order valence-corrected chi connectivity index (χ2v) is 4.70. The molecule has 0 aliphatic rings. The molecule has 0 spiro atoms.